The highest BCUT2D eigenvalue weighted by molar-refractivity contribution is 9.10. The average molecular weight is 307 g/mol. The molecular weight excluding hydrogens is 292 g/mol. The molecule has 2 N–H and O–H groups in total. The first kappa shape index (κ1) is 12.8. The first-order chi connectivity index (χ1) is 8.54. The molecule has 1 heterocycles. The van der Waals surface area contributed by atoms with Crippen LogP contribution in [0.2, 0.25) is 0 Å². The molecule has 0 aliphatic rings. The summed E-state index contributed by atoms with van der Waals surface area (Å²) in [5.74, 6) is 1.15. The largest absolute Gasteiger partial charge is 0.368 e. The molecule has 0 aliphatic heterocycles. The molecule has 1 aromatic carbocycles. The van der Waals surface area contributed by atoms with Crippen molar-refractivity contribution in [3.05, 3.63) is 46.1 Å². The number of aromatic nitrogens is 2. The van der Waals surface area contributed by atoms with E-state index in [0.717, 1.165) is 22.5 Å². The van der Waals surface area contributed by atoms with Crippen molar-refractivity contribution in [1.82, 2.24) is 9.97 Å². The Bertz CT molecular complexity index is 519. The number of nitrogen functional groups attached to an aromatic ring is 1. The van der Waals surface area contributed by atoms with Gasteiger partial charge in [-0.15, -0.1) is 0 Å². The Labute approximate surface area is 115 Å². The fourth-order valence-corrected chi connectivity index (χ4v) is 1.98. The maximum atomic E-state index is 5.66. The Kier molecular flexibility index (Phi) is 3.81. The second-order valence-electron chi connectivity index (χ2n) is 4.21. The summed E-state index contributed by atoms with van der Waals surface area (Å²) < 4.78 is 1.08. The number of aryl methyl sites for hydroxylation is 1. The van der Waals surface area contributed by atoms with E-state index in [9.17, 15) is 0 Å². The molecule has 0 saturated heterocycles. The van der Waals surface area contributed by atoms with Gasteiger partial charge in [0.25, 0.3) is 0 Å². The number of nitrogens with zero attached hydrogens (tertiary/aromatic N) is 3. The van der Waals surface area contributed by atoms with E-state index in [1.807, 2.05) is 37.1 Å². The van der Waals surface area contributed by atoms with Gasteiger partial charge in [0.2, 0.25) is 5.95 Å². The first-order valence-corrected chi connectivity index (χ1v) is 6.40. The van der Waals surface area contributed by atoms with Gasteiger partial charge in [0, 0.05) is 29.8 Å². The Morgan fingerprint density at radius 1 is 1.22 bits per heavy atom. The van der Waals surface area contributed by atoms with E-state index in [1.165, 1.54) is 5.56 Å². The van der Waals surface area contributed by atoms with Gasteiger partial charge in [-0.1, -0.05) is 28.1 Å². The summed E-state index contributed by atoms with van der Waals surface area (Å²) in [6.45, 7) is 2.69. The third-order valence-corrected chi connectivity index (χ3v) is 3.11. The van der Waals surface area contributed by atoms with E-state index < -0.39 is 0 Å². The predicted octanol–water partition coefficient (Wildman–Crippen LogP) is 2.77. The average Bonchev–Trinajstić information content (AvgIpc) is 2.31. The standard InChI is InChI=1S/C13H15BrN4/c1-9-7-12(17-13(15)16-9)18(2)8-10-3-5-11(14)6-4-10/h3-7H,8H2,1-2H3,(H2,15,16,17). The van der Waals surface area contributed by atoms with Crippen LogP contribution < -0.4 is 10.6 Å². The third-order valence-electron chi connectivity index (χ3n) is 2.58. The Balaban J connectivity index is 2.16. The zero-order valence-corrected chi connectivity index (χ0v) is 12.0. The van der Waals surface area contributed by atoms with Gasteiger partial charge in [-0.2, -0.15) is 4.98 Å². The highest BCUT2D eigenvalue weighted by Gasteiger charge is 2.06. The van der Waals surface area contributed by atoms with Crippen molar-refractivity contribution in [2.24, 2.45) is 0 Å². The van der Waals surface area contributed by atoms with Crippen LogP contribution in [0, 0.1) is 6.92 Å². The van der Waals surface area contributed by atoms with E-state index >= 15 is 0 Å². The highest BCUT2D eigenvalue weighted by atomic mass is 79.9. The molecule has 4 nitrogen and oxygen atoms in total. The van der Waals surface area contributed by atoms with Crippen molar-refractivity contribution in [2.45, 2.75) is 13.5 Å². The molecule has 0 spiro atoms. The lowest BCUT2D eigenvalue weighted by Crippen LogP contribution is -2.18. The molecule has 0 bridgehead atoms. The second kappa shape index (κ2) is 5.35. The van der Waals surface area contributed by atoms with Crippen molar-refractivity contribution >= 4 is 27.7 Å². The maximum absolute atomic E-state index is 5.66. The van der Waals surface area contributed by atoms with Crippen molar-refractivity contribution in [3.8, 4) is 0 Å². The number of hydrogen-bond acceptors (Lipinski definition) is 4. The molecule has 94 valence electrons. The van der Waals surface area contributed by atoms with Gasteiger partial charge in [0.15, 0.2) is 0 Å². The van der Waals surface area contributed by atoms with E-state index in [1.54, 1.807) is 0 Å². The molecule has 0 fully saturated rings. The van der Waals surface area contributed by atoms with Crippen LogP contribution >= 0.6 is 15.9 Å². The molecule has 5 heteroatoms. The number of hydrogen-bond donors (Lipinski definition) is 1. The Morgan fingerprint density at radius 2 is 1.89 bits per heavy atom. The van der Waals surface area contributed by atoms with Gasteiger partial charge in [-0.25, -0.2) is 4.98 Å². The molecule has 0 atom stereocenters. The molecule has 0 saturated carbocycles. The molecule has 18 heavy (non-hydrogen) atoms. The summed E-state index contributed by atoms with van der Waals surface area (Å²) >= 11 is 3.42. The Hall–Kier alpha value is -1.62. The normalized spacial score (nSPS) is 10.4. The molecular formula is C13H15BrN4. The summed E-state index contributed by atoms with van der Waals surface area (Å²) in [6.07, 6.45) is 0. The van der Waals surface area contributed by atoms with Crippen LogP contribution in [0.1, 0.15) is 11.3 Å². The van der Waals surface area contributed by atoms with Crippen LogP contribution in [0.4, 0.5) is 11.8 Å². The summed E-state index contributed by atoms with van der Waals surface area (Å²) in [5.41, 5.74) is 7.75. The van der Waals surface area contributed by atoms with Crippen molar-refractivity contribution in [1.29, 1.82) is 0 Å². The molecule has 1 aromatic heterocycles. The first-order valence-electron chi connectivity index (χ1n) is 5.61. The van der Waals surface area contributed by atoms with Gasteiger partial charge in [-0.3, -0.25) is 0 Å². The highest BCUT2D eigenvalue weighted by Crippen LogP contribution is 2.16. The SMILES string of the molecule is Cc1cc(N(C)Cc2ccc(Br)cc2)nc(N)n1. The quantitative estimate of drug-likeness (QED) is 0.947. The van der Waals surface area contributed by atoms with Crippen LogP contribution in [0.5, 0.6) is 0 Å². The Morgan fingerprint density at radius 3 is 2.50 bits per heavy atom. The fourth-order valence-electron chi connectivity index (χ4n) is 1.71. The van der Waals surface area contributed by atoms with Crippen molar-refractivity contribution in [2.75, 3.05) is 17.7 Å². The molecule has 0 amide bonds. The second-order valence-corrected chi connectivity index (χ2v) is 5.12. The van der Waals surface area contributed by atoms with Gasteiger partial charge >= 0.3 is 0 Å². The van der Waals surface area contributed by atoms with Crippen molar-refractivity contribution in [3.63, 3.8) is 0 Å². The third kappa shape index (κ3) is 3.20. The van der Waals surface area contributed by atoms with Gasteiger partial charge in [0.05, 0.1) is 0 Å². The van der Waals surface area contributed by atoms with Crippen LogP contribution in [-0.4, -0.2) is 17.0 Å². The van der Waals surface area contributed by atoms with E-state index in [4.69, 9.17) is 5.73 Å². The van der Waals surface area contributed by atoms with Crippen LogP contribution in [-0.2, 0) is 6.54 Å². The minimum absolute atomic E-state index is 0.313. The van der Waals surface area contributed by atoms with Crippen LogP contribution in [0.15, 0.2) is 34.8 Å². The van der Waals surface area contributed by atoms with Crippen LogP contribution in [0.25, 0.3) is 0 Å². The monoisotopic (exact) mass is 306 g/mol. The van der Waals surface area contributed by atoms with Gasteiger partial charge in [-0.05, 0) is 24.6 Å². The molecule has 0 radical (unpaired) electrons. The van der Waals surface area contributed by atoms with Crippen molar-refractivity contribution < 1.29 is 0 Å². The van der Waals surface area contributed by atoms with E-state index in [2.05, 4.69) is 38.0 Å². The number of halogens is 1. The lowest BCUT2D eigenvalue weighted by Gasteiger charge is -2.18. The minimum Gasteiger partial charge on any atom is -0.368 e. The minimum atomic E-state index is 0.313. The molecule has 2 rings (SSSR count). The van der Waals surface area contributed by atoms with Crippen LogP contribution in [0.3, 0.4) is 0 Å². The van der Waals surface area contributed by atoms with Gasteiger partial charge < -0.3 is 10.6 Å². The van der Waals surface area contributed by atoms with Gasteiger partial charge in [0.1, 0.15) is 5.82 Å². The number of benzene rings is 1. The summed E-state index contributed by atoms with van der Waals surface area (Å²) in [6, 6.07) is 10.1. The summed E-state index contributed by atoms with van der Waals surface area (Å²) in [7, 11) is 1.99. The predicted molar refractivity (Wildman–Crippen MR) is 77.4 cm³/mol. The number of anilines is 2. The maximum Gasteiger partial charge on any atom is 0.222 e. The molecule has 2 aromatic rings. The topological polar surface area (TPSA) is 55.0 Å². The van der Waals surface area contributed by atoms with E-state index in [0.29, 0.717) is 5.95 Å². The zero-order chi connectivity index (χ0) is 13.1. The fraction of sp³-hybridized carbons (Fsp3) is 0.231. The smallest absolute Gasteiger partial charge is 0.222 e. The number of nitrogens with two attached hydrogens (primary N) is 1. The lowest BCUT2D eigenvalue weighted by atomic mass is 10.2. The zero-order valence-electron chi connectivity index (χ0n) is 10.4. The number of rotatable bonds is 3. The lowest BCUT2D eigenvalue weighted by molar-refractivity contribution is 0.889. The van der Waals surface area contributed by atoms with E-state index in [-0.39, 0.29) is 0 Å². The molecule has 0 aliphatic carbocycles. The summed E-state index contributed by atoms with van der Waals surface area (Å²) in [4.78, 5) is 10.3. The summed E-state index contributed by atoms with van der Waals surface area (Å²) in [5, 5.41) is 0. The molecule has 0 unspecified atom stereocenters.